The van der Waals surface area contributed by atoms with Crippen molar-refractivity contribution in [2.75, 3.05) is 0 Å². The number of nitriles is 1. The minimum absolute atomic E-state index is 0.0506. The van der Waals surface area contributed by atoms with Crippen molar-refractivity contribution in [1.29, 1.82) is 5.26 Å². The number of para-hydroxylation sites is 1. The molecule has 7 nitrogen and oxygen atoms in total. The zero-order valence-corrected chi connectivity index (χ0v) is 16.4. The predicted octanol–water partition coefficient (Wildman–Crippen LogP) is 4.58. The first-order valence-electron chi connectivity index (χ1n) is 8.78. The lowest BCUT2D eigenvalue weighted by atomic mass is 10.1. The Morgan fingerprint density at radius 3 is 2.64 bits per heavy atom. The second-order valence-electron chi connectivity index (χ2n) is 6.44. The third-order valence-corrected chi connectivity index (χ3v) is 5.31. The number of nitro benzene ring substituents is 1. The maximum absolute atomic E-state index is 11.4. The van der Waals surface area contributed by atoms with Crippen molar-refractivity contribution in [3.63, 3.8) is 0 Å². The molecular weight excluding hydrogens is 374 g/mol. The molecule has 2 heterocycles. The molecule has 28 heavy (non-hydrogen) atoms. The highest BCUT2D eigenvalue weighted by Crippen LogP contribution is 2.39. The Labute approximate surface area is 167 Å². The molecule has 3 rings (SSSR count). The summed E-state index contributed by atoms with van der Waals surface area (Å²) in [7, 11) is 0. The number of rotatable bonds is 7. The van der Waals surface area contributed by atoms with Crippen molar-refractivity contribution in [2.24, 2.45) is 0 Å². The molecular formula is C20H19N5O2S. The SMILES string of the molecule is CC(C)c1nc(CC#N)n(Cc2ccccn2)c1Sc1ccccc1[N+](=O)[O-]. The van der Waals surface area contributed by atoms with Crippen LogP contribution in [0.4, 0.5) is 5.69 Å². The number of aromatic nitrogens is 3. The van der Waals surface area contributed by atoms with Crippen LogP contribution in [-0.2, 0) is 13.0 Å². The van der Waals surface area contributed by atoms with E-state index in [9.17, 15) is 15.4 Å². The third kappa shape index (κ3) is 4.21. The number of imidazole rings is 1. The van der Waals surface area contributed by atoms with Crippen LogP contribution in [0.5, 0.6) is 0 Å². The molecule has 0 aliphatic carbocycles. The predicted molar refractivity (Wildman–Crippen MR) is 106 cm³/mol. The van der Waals surface area contributed by atoms with Gasteiger partial charge in [0.25, 0.3) is 5.69 Å². The second kappa shape index (κ2) is 8.67. The van der Waals surface area contributed by atoms with Gasteiger partial charge in [-0.3, -0.25) is 15.1 Å². The fourth-order valence-corrected chi connectivity index (χ4v) is 4.08. The monoisotopic (exact) mass is 393 g/mol. The van der Waals surface area contributed by atoms with Crippen LogP contribution in [0.1, 0.15) is 37.0 Å². The number of pyridine rings is 1. The Morgan fingerprint density at radius 1 is 1.25 bits per heavy atom. The molecule has 0 radical (unpaired) electrons. The van der Waals surface area contributed by atoms with E-state index in [1.165, 1.54) is 17.8 Å². The molecule has 0 fully saturated rings. The van der Waals surface area contributed by atoms with E-state index in [0.717, 1.165) is 16.4 Å². The van der Waals surface area contributed by atoms with E-state index in [1.807, 2.05) is 36.6 Å². The molecule has 0 aliphatic rings. The second-order valence-corrected chi connectivity index (χ2v) is 7.47. The minimum atomic E-state index is -0.382. The summed E-state index contributed by atoms with van der Waals surface area (Å²) in [6.45, 7) is 4.49. The summed E-state index contributed by atoms with van der Waals surface area (Å²) >= 11 is 1.31. The van der Waals surface area contributed by atoms with E-state index >= 15 is 0 Å². The molecule has 3 aromatic rings. The Kier molecular flexibility index (Phi) is 6.06. The van der Waals surface area contributed by atoms with Crippen molar-refractivity contribution < 1.29 is 4.92 Å². The standard InChI is InChI=1S/C20H19N5O2S/c1-14(2)19-20(28-17-9-4-3-8-16(17)25(26)27)24(18(23-19)10-11-21)13-15-7-5-6-12-22-15/h3-9,12,14H,10,13H2,1-2H3. The Bertz CT molecular complexity index is 1020. The van der Waals surface area contributed by atoms with Crippen LogP contribution < -0.4 is 0 Å². The largest absolute Gasteiger partial charge is 0.316 e. The first kappa shape index (κ1) is 19.6. The quantitative estimate of drug-likeness (QED) is 0.431. The van der Waals surface area contributed by atoms with Gasteiger partial charge in [-0.25, -0.2) is 4.98 Å². The molecule has 0 amide bonds. The van der Waals surface area contributed by atoms with Gasteiger partial charge in [0.1, 0.15) is 10.9 Å². The molecule has 0 N–H and O–H groups in total. The summed E-state index contributed by atoms with van der Waals surface area (Å²) in [5.74, 6) is 0.741. The van der Waals surface area contributed by atoms with Crippen molar-refractivity contribution >= 4 is 17.4 Å². The third-order valence-electron chi connectivity index (χ3n) is 4.12. The summed E-state index contributed by atoms with van der Waals surface area (Å²) in [6.07, 6.45) is 1.87. The van der Waals surface area contributed by atoms with E-state index in [2.05, 4.69) is 16.0 Å². The molecule has 0 saturated carbocycles. The van der Waals surface area contributed by atoms with Crippen molar-refractivity contribution in [3.05, 3.63) is 76.0 Å². The molecule has 0 saturated heterocycles. The zero-order chi connectivity index (χ0) is 20.1. The smallest absolute Gasteiger partial charge is 0.283 e. The van der Waals surface area contributed by atoms with Gasteiger partial charge >= 0.3 is 0 Å². The summed E-state index contributed by atoms with van der Waals surface area (Å²) in [5.41, 5.74) is 1.71. The lowest BCUT2D eigenvalue weighted by molar-refractivity contribution is -0.387. The van der Waals surface area contributed by atoms with E-state index in [1.54, 1.807) is 24.4 Å². The molecule has 0 aliphatic heterocycles. The van der Waals surface area contributed by atoms with E-state index in [-0.39, 0.29) is 22.9 Å². The number of hydrogen-bond acceptors (Lipinski definition) is 6. The average Bonchev–Trinajstić information content (AvgIpc) is 3.01. The van der Waals surface area contributed by atoms with Crippen LogP contribution in [0.3, 0.4) is 0 Å². The van der Waals surface area contributed by atoms with Gasteiger partial charge < -0.3 is 4.57 Å². The van der Waals surface area contributed by atoms with Gasteiger partial charge in [-0.2, -0.15) is 5.26 Å². The number of hydrogen-bond donors (Lipinski definition) is 0. The summed E-state index contributed by atoms with van der Waals surface area (Å²) < 4.78 is 1.95. The van der Waals surface area contributed by atoms with Crippen LogP contribution in [0.2, 0.25) is 0 Å². The zero-order valence-electron chi connectivity index (χ0n) is 15.6. The first-order valence-corrected chi connectivity index (χ1v) is 9.60. The summed E-state index contributed by atoms with van der Waals surface area (Å²) in [5, 5.41) is 21.5. The average molecular weight is 393 g/mol. The lowest BCUT2D eigenvalue weighted by Crippen LogP contribution is -2.07. The summed E-state index contributed by atoms with van der Waals surface area (Å²) in [6, 6.07) is 14.5. The van der Waals surface area contributed by atoms with Crippen molar-refractivity contribution in [3.8, 4) is 6.07 Å². The molecule has 0 atom stereocenters. The topological polar surface area (TPSA) is 97.6 Å². The van der Waals surface area contributed by atoms with Crippen LogP contribution in [0.25, 0.3) is 0 Å². The Morgan fingerprint density at radius 2 is 2.00 bits per heavy atom. The van der Waals surface area contributed by atoms with E-state index < -0.39 is 0 Å². The highest BCUT2D eigenvalue weighted by Gasteiger charge is 2.23. The van der Waals surface area contributed by atoms with Crippen molar-refractivity contribution in [2.45, 2.75) is 42.7 Å². The number of nitrogens with zero attached hydrogens (tertiary/aromatic N) is 5. The van der Waals surface area contributed by atoms with Crippen LogP contribution in [0, 0.1) is 21.4 Å². The van der Waals surface area contributed by atoms with E-state index in [0.29, 0.717) is 17.3 Å². The highest BCUT2D eigenvalue weighted by atomic mass is 32.2. The normalized spacial score (nSPS) is 10.8. The van der Waals surface area contributed by atoms with Crippen molar-refractivity contribution in [1.82, 2.24) is 14.5 Å². The molecule has 1 aromatic carbocycles. The molecule has 0 unspecified atom stereocenters. The Balaban J connectivity index is 2.12. The van der Waals surface area contributed by atoms with Gasteiger partial charge in [-0.05, 0) is 24.1 Å². The molecule has 2 aromatic heterocycles. The van der Waals surface area contributed by atoms with Crippen LogP contribution >= 0.6 is 11.8 Å². The van der Waals surface area contributed by atoms with Gasteiger partial charge in [0, 0.05) is 12.3 Å². The number of benzene rings is 1. The lowest BCUT2D eigenvalue weighted by Gasteiger charge is -2.12. The molecule has 0 spiro atoms. The first-order chi connectivity index (χ1) is 13.5. The number of nitro groups is 1. The molecule has 142 valence electrons. The van der Waals surface area contributed by atoms with Crippen LogP contribution in [0.15, 0.2) is 58.6 Å². The van der Waals surface area contributed by atoms with Gasteiger partial charge in [0.2, 0.25) is 0 Å². The Hall–Kier alpha value is -3.18. The maximum Gasteiger partial charge on any atom is 0.283 e. The maximum atomic E-state index is 11.4. The van der Waals surface area contributed by atoms with Gasteiger partial charge in [0.15, 0.2) is 0 Å². The highest BCUT2D eigenvalue weighted by molar-refractivity contribution is 7.99. The van der Waals surface area contributed by atoms with Crippen LogP contribution in [-0.4, -0.2) is 19.5 Å². The fourth-order valence-electron chi connectivity index (χ4n) is 2.81. The molecule has 0 bridgehead atoms. The van der Waals surface area contributed by atoms with Gasteiger partial charge in [-0.15, -0.1) is 0 Å². The van der Waals surface area contributed by atoms with Gasteiger partial charge in [-0.1, -0.05) is 43.8 Å². The minimum Gasteiger partial charge on any atom is -0.316 e. The fraction of sp³-hybridized carbons (Fsp3) is 0.250. The van der Waals surface area contributed by atoms with E-state index in [4.69, 9.17) is 0 Å². The summed E-state index contributed by atoms with van der Waals surface area (Å²) in [4.78, 5) is 20.7. The molecule has 8 heteroatoms. The van der Waals surface area contributed by atoms with Gasteiger partial charge in [0.05, 0.1) is 40.2 Å².